The average Bonchev–Trinajstić information content (AvgIpc) is 2.97. The van der Waals surface area contributed by atoms with Gasteiger partial charge in [0.1, 0.15) is 0 Å². The van der Waals surface area contributed by atoms with Crippen LogP contribution in [0, 0.1) is 0 Å². The number of methoxy groups -OCH3 is 1. The van der Waals surface area contributed by atoms with Gasteiger partial charge in [0.2, 0.25) is 0 Å². The molecule has 3 rings (SSSR count). The van der Waals surface area contributed by atoms with Crippen LogP contribution in [0.3, 0.4) is 0 Å². The summed E-state index contributed by atoms with van der Waals surface area (Å²) in [5, 5.41) is 0.210. The van der Waals surface area contributed by atoms with Gasteiger partial charge in [0.15, 0.2) is 11.5 Å². The summed E-state index contributed by atoms with van der Waals surface area (Å²) in [5.41, 5.74) is 1.48. The average molecular weight is 432 g/mol. The Hall–Kier alpha value is -2.44. The van der Waals surface area contributed by atoms with Crippen molar-refractivity contribution >= 4 is 40.6 Å². The highest BCUT2D eigenvalue weighted by atomic mass is 35.5. The smallest absolute Gasteiger partial charge is 0.293 e. The molecule has 0 N–H and O–H groups in total. The fourth-order valence-corrected chi connectivity index (χ4v) is 3.79. The van der Waals surface area contributed by atoms with E-state index < -0.39 is 0 Å². The van der Waals surface area contributed by atoms with Crippen molar-refractivity contribution in [3.8, 4) is 11.5 Å². The molecule has 152 valence electrons. The Bertz CT molecular complexity index is 960. The van der Waals surface area contributed by atoms with E-state index in [1.807, 2.05) is 38.1 Å². The second-order valence-corrected chi connectivity index (χ2v) is 8.01. The van der Waals surface area contributed by atoms with Crippen molar-refractivity contribution in [3.63, 3.8) is 0 Å². The van der Waals surface area contributed by atoms with Crippen LogP contribution in [-0.2, 0) is 11.3 Å². The maximum atomic E-state index is 12.8. The van der Waals surface area contributed by atoms with Crippen LogP contribution < -0.4 is 9.47 Å². The first kappa shape index (κ1) is 21.3. The van der Waals surface area contributed by atoms with Gasteiger partial charge in [-0.15, -0.1) is 0 Å². The normalized spacial score (nSPS) is 16.4. The van der Waals surface area contributed by atoms with Gasteiger partial charge < -0.3 is 9.47 Å². The first-order chi connectivity index (χ1) is 13.9. The molecule has 1 heterocycles. The molecule has 1 fully saturated rings. The number of carbonyl (C=O) groups excluding carboxylic acids is 2. The summed E-state index contributed by atoms with van der Waals surface area (Å²) >= 11 is 7.08. The minimum atomic E-state index is -0.334. The third-order valence-corrected chi connectivity index (χ3v) is 5.82. The highest BCUT2D eigenvalue weighted by molar-refractivity contribution is 8.18. The largest absolute Gasteiger partial charge is 0.493 e. The Labute approximate surface area is 179 Å². The number of hydrogen-bond acceptors (Lipinski definition) is 5. The van der Waals surface area contributed by atoms with Crippen LogP contribution in [0.2, 0.25) is 5.02 Å². The fraction of sp³-hybridized carbons (Fsp3) is 0.273. The van der Waals surface area contributed by atoms with Crippen LogP contribution in [0.15, 0.2) is 47.4 Å². The zero-order valence-electron chi connectivity index (χ0n) is 16.5. The molecule has 0 saturated carbocycles. The number of carbonyl (C=O) groups is 2. The maximum absolute atomic E-state index is 12.8. The first-order valence-corrected chi connectivity index (χ1v) is 10.5. The summed E-state index contributed by atoms with van der Waals surface area (Å²) in [7, 11) is 1.57. The third kappa shape index (κ3) is 4.95. The predicted octanol–water partition coefficient (Wildman–Crippen LogP) is 5.76. The van der Waals surface area contributed by atoms with Crippen LogP contribution >= 0.6 is 23.4 Å². The lowest BCUT2D eigenvalue weighted by atomic mass is 10.1. The van der Waals surface area contributed by atoms with Crippen LogP contribution in [0.25, 0.3) is 6.08 Å². The van der Waals surface area contributed by atoms with Gasteiger partial charge in [-0.05, 0) is 60.5 Å². The van der Waals surface area contributed by atoms with Gasteiger partial charge in [0.25, 0.3) is 11.1 Å². The van der Waals surface area contributed by atoms with Gasteiger partial charge in [-0.2, -0.15) is 0 Å². The maximum Gasteiger partial charge on any atom is 0.293 e. The molecule has 7 heteroatoms. The standard InChI is InChI=1S/C22H22ClNO4S/c1-4-14(2)28-18-10-9-15(11-19(18)27-3)12-20-21(25)24(22(26)29-20)13-16-7-5-6-8-17(16)23/h5-12,14H,4,13H2,1-3H3/b20-12-. The quantitative estimate of drug-likeness (QED) is 0.521. The molecule has 0 aliphatic carbocycles. The molecular weight excluding hydrogens is 410 g/mol. The summed E-state index contributed by atoms with van der Waals surface area (Å²) in [4.78, 5) is 26.7. The number of benzene rings is 2. The second kappa shape index (κ2) is 9.37. The monoisotopic (exact) mass is 431 g/mol. The lowest BCUT2D eigenvalue weighted by Gasteiger charge is -2.16. The predicted molar refractivity (Wildman–Crippen MR) is 116 cm³/mol. The van der Waals surface area contributed by atoms with Crippen LogP contribution in [0.1, 0.15) is 31.4 Å². The van der Waals surface area contributed by atoms with E-state index in [4.69, 9.17) is 21.1 Å². The van der Waals surface area contributed by atoms with Gasteiger partial charge >= 0.3 is 0 Å². The molecule has 0 spiro atoms. The van der Waals surface area contributed by atoms with Crippen molar-refractivity contribution in [2.75, 3.05) is 7.11 Å². The third-order valence-electron chi connectivity index (χ3n) is 4.55. The highest BCUT2D eigenvalue weighted by Gasteiger charge is 2.35. The molecule has 1 saturated heterocycles. The fourth-order valence-electron chi connectivity index (χ4n) is 2.76. The van der Waals surface area contributed by atoms with Crippen molar-refractivity contribution in [1.82, 2.24) is 4.90 Å². The lowest BCUT2D eigenvalue weighted by molar-refractivity contribution is -0.123. The van der Waals surface area contributed by atoms with Gasteiger partial charge in [0.05, 0.1) is 24.7 Å². The Morgan fingerprint density at radius 2 is 1.93 bits per heavy atom. The van der Waals surface area contributed by atoms with Gasteiger partial charge in [0, 0.05) is 5.02 Å². The molecule has 0 bridgehead atoms. The van der Waals surface area contributed by atoms with Crippen LogP contribution in [-0.4, -0.2) is 29.3 Å². The van der Waals surface area contributed by atoms with Gasteiger partial charge in [-0.1, -0.05) is 42.8 Å². The van der Waals surface area contributed by atoms with E-state index in [0.717, 1.165) is 29.3 Å². The summed E-state index contributed by atoms with van der Waals surface area (Å²) in [6.45, 7) is 4.18. The van der Waals surface area contributed by atoms with Crippen molar-refractivity contribution in [2.45, 2.75) is 32.9 Å². The first-order valence-electron chi connectivity index (χ1n) is 9.26. The lowest BCUT2D eigenvalue weighted by Crippen LogP contribution is -2.27. The number of halogens is 1. The number of rotatable bonds is 7. The van der Waals surface area contributed by atoms with Crippen molar-refractivity contribution in [2.24, 2.45) is 0 Å². The molecule has 5 nitrogen and oxygen atoms in total. The molecule has 1 unspecified atom stereocenters. The second-order valence-electron chi connectivity index (χ2n) is 6.61. The number of thioether (sulfide) groups is 1. The zero-order chi connectivity index (χ0) is 21.0. The number of imide groups is 1. The Balaban J connectivity index is 1.81. The SMILES string of the molecule is CCC(C)Oc1ccc(/C=C2\SC(=O)N(Cc3ccccc3Cl)C2=O)cc1OC. The van der Waals surface area contributed by atoms with Crippen molar-refractivity contribution in [1.29, 1.82) is 0 Å². The van der Waals surface area contributed by atoms with Crippen LogP contribution in [0.5, 0.6) is 11.5 Å². The minimum Gasteiger partial charge on any atom is -0.493 e. The topological polar surface area (TPSA) is 55.8 Å². The summed E-state index contributed by atoms with van der Waals surface area (Å²) in [6, 6.07) is 12.6. The minimum absolute atomic E-state index is 0.0658. The zero-order valence-corrected chi connectivity index (χ0v) is 18.0. The van der Waals surface area contributed by atoms with E-state index in [9.17, 15) is 9.59 Å². The highest BCUT2D eigenvalue weighted by Crippen LogP contribution is 2.36. The Morgan fingerprint density at radius 3 is 2.62 bits per heavy atom. The molecule has 0 radical (unpaired) electrons. The number of hydrogen-bond donors (Lipinski definition) is 0. The molecule has 0 aromatic heterocycles. The summed E-state index contributed by atoms with van der Waals surface area (Å²) in [6.07, 6.45) is 2.63. The Morgan fingerprint density at radius 1 is 1.17 bits per heavy atom. The van der Waals surface area contributed by atoms with E-state index in [1.54, 1.807) is 31.4 Å². The van der Waals surface area contributed by atoms with Crippen molar-refractivity contribution in [3.05, 3.63) is 63.5 Å². The Kier molecular flexibility index (Phi) is 6.87. The molecule has 1 aliphatic heterocycles. The molecular formula is C22H22ClNO4S. The number of nitrogens with zero attached hydrogens (tertiary/aromatic N) is 1. The van der Waals surface area contributed by atoms with Crippen molar-refractivity contribution < 1.29 is 19.1 Å². The molecule has 2 aromatic rings. The van der Waals surface area contributed by atoms with E-state index in [0.29, 0.717) is 21.4 Å². The molecule has 1 aliphatic rings. The van der Waals surface area contributed by atoms with E-state index in [1.165, 1.54) is 4.90 Å². The number of ether oxygens (including phenoxy) is 2. The van der Waals surface area contributed by atoms with Crippen LogP contribution in [0.4, 0.5) is 4.79 Å². The van der Waals surface area contributed by atoms with E-state index in [-0.39, 0.29) is 23.8 Å². The molecule has 29 heavy (non-hydrogen) atoms. The van der Waals surface area contributed by atoms with Gasteiger partial charge in [-0.3, -0.25) is 14.5 Å². The van der Waals surface area contributed by atoms with Gasteiger partial charge in [-0.25, -0.2) is 0 Å². The summed E-state index contributed by atoms with van der Waals surface area (Å²) in [5.74, 6) is 0.888. The number of amides is 2. The molecule has 2 aromatic carbocycles. The molecule has 2 amide bonds. The van der Waals surface area contributed by atoms with E-state index in [2.05, 4.69) is 0 Å². The molecule has 1 atom stereocenters. The summed E-state index contributed by atoms with van der Waals surface area (Å²) < 4.78 is 11.3. The van der Waals surface area contributed by atoms with E-state index >= 15 is 0 Å².